The molecule has 5 N–H and O–H groups in total. The first kappa shape index (κ1) is 21.4. The van der Waals surface area contributed by atoms with Crippen LogP contribution < -0.4 is 0 Å². The van der Waals surface area contributed by atoms with E-state index in [1.54, 1.807) is 6.92 Å². The predicted molar refractivity (Wildman–Crippen MR) is 90.9 cm³/mol. The zero-order valence-corrected chi connectivity index (χ0v) is 15.8. The van der Waals surface area contributed by atoms with Crippen LogP contribution in [0.25, 0.3) is 0 Å². The molecule has 0 saturated carbocycles. The van der Waals surface area contributed by atoms with Gasteiger partial charge in [-0.05, 0) is 0 Å². The summed E-state index contributed by atoms with van der Waals surface area (Å²) in [5.74, 6) is 0. The van der Waals surface area contributed by atoms with E-state index in [1.165, 1.54) is 11.0 Å². The van der Waals surface area contributed by atoms with Gasteiger partial charge in [-0.1, -0.05) is 0 Å². The Bertz CT molecular complexity index is 724. The Morgan fingerprint density at radius 3 is 2.56 bits per heavy atom. The van der Waals surface area contributed by atoms with Gasteiger partial charge in [0, 0.05) is 0 Å². The van der Waals surface area contributed by atoms with Crippen molar-refractivity contribution >= 4 is 26.5 Å². The summed E-state index contributed by atoms with van der Waals surface area (Å²) in [6.07, 6.45) is -3.53. The van der Waals surface area contributed by atoms with Crippen molar-refractivity contribution in [2.75, 3.05) is 13.2 Å². The number of ether oxygens (including phenoxy) is 1. The molecule has 1 heterocycles. The van der Waals surface area contributed by atoms with E-state index in [0.717, 1.165) is 6.08 Å². The standard InChI is InChI=1S/C14H19N4O8Se/c1-2-17(11-13(21)12(20)8(5-19)26-14(11)22)7-4-3-6(18(23)24)9(15)10(7)16-27-25/h3-4,8,11-15,19-22H,2,5H2,1H3/t8-,11-,12-,13-,14?/m1/s1. The molecule has 27 heavy (non-hydrogen) atoms. The molecule has 1 radical (unpaired) electrons. The van der Waals surface area contributed by atoms with E-state index in [0.29, 0.717) is 0 Å². The summed E-state index contributed by atoms with van der Waals surface area (Å²) in [4.78, 5) is 11.6. The number of allylic oxidation sites excluding steroid dienone is 4. The summed E-state index contributed by atoms with van der Waals surface area (Å²) in [7, 11) is 0. The quantitative estimate of drug-likeness (QED) is 0.127. The molecule has 2 rings (SSSR count). The molecule has 0 aromatic heterocycles. The van der Waals surface area contributed by atoms with Crippen LogP contribution in [-0.2, 0) is 8.57 Å². The number of nitro groups is 1. The van der Waals surface area contributed by atoms with Crippen molar-refractivity contribution in [1.29, 1.82) is 5.41 Å². The van der Waals surface area contributed by atoms with Crippen molar-refractivity contribution in [3.05, 3.63) is 33.7 Å². The molecule has 1 aliphatic carbocycles. The molecular weight excluding hydrogens is 431 g/mol. The predicted octanol–water partition coefficient (Wildman–Crippen LogP) is -2.41. The van der Waals surface area contributed by atoms with Gasteiger partial charge in [-0.3, -0.25) is 0 Å². The van der Waals surface area contributed by atoms with Gasteiger partial charge >= 0.3 is 159 Å². The van der Waals surface area contributed by atoms with Crippen LogP contribution in [-0.4, -0.2) is 101 Å². The monoisotopic (exact) mass is 451 g/mol. The van der Waals surface area contributed by atoms with Crippen LogP contribution in [0, 0.1) is 15.5 Å². The molecule has 0 bridgehead atoms. The third kappa shape index (κ3) is 4.04. The molecular formula is C14H19N4O8Se. The molecule has 5 atom stereocenters. The minimum absolute atomic E-state index is 0.104. The van der Waals surface area contributed by atoms with Crippen LogP contribution in [0.1, 0.15) is 6.92 Å². The van der Waals surface area contributed by atoms with Crippen LogP contribution in [0.5, 0.6) is 0 Å². The number of rotatable bonds is 6. The second-order valence-electron chi connectivity index (χ2n) is 5.76. The van der Waals surface area contributed by atoms with E-state index >= 15 is 0 Å². The molecule has 0 spiro atoms. The van der Waals surface area contributed by atoms with E-state index in [1.807, 2.05) is 0 Å². The van der Waals surface area contributed by atoms with Gasteiger partial charge in [0.05, 0.1) is 0 Å². The molecule has 0 aromatic carbocycles. The topological polar surface area (TPSA) is 190 Å². The first-order valence-corrected chi connectivity index (χ1v) is 9.35. The number of hydrogen-bond donors (Lipinski definition) is 5. The molecule has 1 fully saturated rings. The van der Waals surface area contributed by atoms with Crippen molar-refractivity contribution in [2.45, 2.75) is 37.6 Å². The number of nitrogens with one attached hydrogen (secondary N) is 1. The maximum absolute atomic E-state index is 11.1. The first-order chi connectivity index (χ1) is 12.8. The van der Waals surface area contributed by atoms with E-state index in [-0.39, 0.29) is 18.0 Å². The SMILES string of the molecule is CCN(C1=CC=C([N+](=O)[O-])C(=N)C1=N[Se]=O)[C@H]1C(O)O[C@H](CO)[C@@H](O)[C@@H]1O. The fourth-order valence-electron chi connectivity index (χ4n) is 3.04. The second kappa shape index (κ2) is 8.89. The number of likely N-dealkylation sites (N-methyl/N-ethyl adjacent to an activating group) is 1. The summed E-state index contributed by atoms with van der Waals surface area (Å²) in [5.41, 5.74) is -1.24. The molecule has 13 heteroatoms. The van der Waals surface area contributed by atoms with Gasteiger partial charge in [0.15, 0.2) is 0 Å². The van der Waals surface area contributed by atoms with E-state index in [4.69, 9.17) is 10.1 Å². The third-order valence-electron chi connectivity index (χ3n) is 4.34. The Hall–Kier alpha value is -1.86. The average Bonchev–Trinajstić information content (AvgIpc) is 2.63. The maximum atomic E-state index is 11.1. The zero-order chi connectivity index (χ0) is 20.3. The van der Waals surface area contributed by atoms with Gasteiger partial charge < -0.3 is 0 Å². The Balaban J connectivity index is 2.48. The Labute approximate surface area is 159 Å². The number of aliphatic hydroxyl groups is 4. The summed E-state index contributed by atoms with van der Waals surface area (Å²) in [5, 5.41) is 59.0. The van der Waals surface area contributed by atoms with E-state index < -0.39 is 68.7 Å². The molecule has 2 aliphatic rings. The van der Waals surface area contributed by atoms with Gasteiger partial charge in [0.25, 0.3) is 0 Å². The average molecular weight is 450 g/mol. The number of aliphatic hydroxyl groups excluding tert-OH is 4. The summed E-state index contributed by atoms with van der Waals surface area (Å²) in [6.45, 7) is 1.15. The fourth-order valence-corrected chi connectivity index (χ4v) is 3.59. The zero-order valence-electron chi connectivity index (χ0n) is 14.1. The summed E-state index contributed by atoms with van der Waals surface area (Å²) < 4.78 is 19.9. The van der Waals surface area contributed by atoms with Crippen molar-refractivity contribution in [3.63, 3.8) is 0 Å². The van der Waals surface area contributed by atoms with Gasteiger partial charge in [0.1, 0.15) is 0 Å². The Morgan fingerprint density at radius 2 is 2.04 bits per heavy atom. The van der Waals surface area contributed by atoms with Crippen molar-refractivity contribution < 1.29 is 33.9 Å². The van der Waals surface area contributed by atoms with Crippen molar-refractivity contribution in [3.8, 4) is 0 Å². The van der Waals surface area contributed by atoms with Gasteiger partial charge in [0.2, 0.25) is 0 Å². The molecule has 1 aliphatic heterocycles. The van der Waals surface area contributed by atoms with Gasteiger partial charge in [-0.15, -0.1) is 0 Å². The van der Waals surface area contributed by atoms with Crippen LogP contribution in [0.3, 0.4) is 0 Å². The fraction of sp³-hybridized carbons (Fsp3) is 0.571. The normalized spacial score (nSPS) is 32.7. The molecule has 149 valence electrons. The van der Waals surface area contributed by atoms with Gasteiger partial charge in [-0.25, -0.2) is 0 Å². The van der Waals surface area contributed by atoms with Crippen LogP contribution in [0.2, 0.25) is 0 Å². The van der Waals surface area contributed by atoms with Crippen molar-refractivity contribution in [1.82, 2.24) is 4.90 Å². The van der Waals surface area contributed by atoms with Gasteiger partial charge in [-0.2, -0.15) is 0 Å². The molecule has 12 nitrogen and oxygen atoms in total. The molecule has 0 amide bonds. The molecule has 0 aromatic rings. The van der Waals surface area contributed by atoms with Crippen molar-refractivity contribution in [2.24, 2.45) is 4.01 Å². The third-order valence-corrected chi connectivity index (χ3v) is 4.88. The van der Waals surface area contributed by atoms with E-state index in [2.05, 4.69) is 4.01 Å². The summed E-state index contributed by atoms with van der Waals surface area (Å²) in [6, 6.07) is -1.22. The first-order valence-electron chi connectivity index (χ1n) is 7.88. The van der Waals surface area contributed by atoms with E-state index in [9.17, 15) is 34.4 Å². The second-order valence-corrected chi connectivity index (χ2v) is 6.45. The Morgan fingerprint density at radius 1 is 1.37 bits per heavy atom. The number of nitrogens with zero attached hydrogens (tertiary/aromatic N) is 3. The molecule has 1 saturated heterocycles. The minimum atomic E-state index is -1.62. The van der Waals surface area contributed by atoms with Crippen LogP contribution in [0.15, 0.2) is 27.6 Å². The van der Waals surface area contributed by atoms with Crippen LogP contribution >= 0.6 is 0 Å². The summed E-state index contributed by atoms with van der Waals surface area (Å²) >= 11 is -1.54. The number of hydrogen-bond acceptors (Lipinski definition) is 10. The van der Waals surface area contributed by atoms with Crippen LogP contribution in [0.4, 0.5) is 0 Å². The molecule has 1 unspecified atom stereocenters. The Kier molecular flexibility index (Phi) is 7.06.